The summed E-state index contributed by atoms with van der Waals surface area (Å²) in [6.07, 6.45) is 0. The van der Waals surface area contributed by atoms with Gasteiger partial charge in [0.2, 0.25) is 0 Å². The topological polar surface area (TPSA) is 36.1 Å². The fourth-order valence-corrected chi connectivity index (χ4v) is 10.2. The zero-order chi connectivity index (χ0) is 39.1. The van der Waals surface area contributed by atoms with Gasteiger partial charge < -0.3 is 18.0 Å². The largest absolute Gasteiger partial charge is 0.456 e. The molecule has 0 atom stereocenters. The van der Waals surface area contributed by atoms with E-state index in [0.29, 0.717) is 0 Å². The quantitative estimate of drug-likeness (QED) is 0.180. The number of benzene rings is 10. The Labute approximate surface area is 342 Å². The maximum absolute atomic E-state index is 6.49. The summed E-state index contributed by atoms with van der Waals surface area (Å²) in [5.74, 6) is 0. The molecule has 0 unspecified atom stereocenters. The third-order valence-electron chi connectivity index (χ3n) is 12.9. The molecule has 0 aliphatic heterocycles. The lowest BCUT2D eigenvalue weighted by Gasteiger charge is -2.12. The third kappa shape index (κ3) is 4.34. The number of furan rings is 2. The van der Waals surface area contributed by atoms with E-state index in [9.17, 15) is 0 Å². The van der Waals surface area contributed by atoms with Crippen molar-refractivity contribution in [1.82, 2.24) is 9.13 Å². The van der Waals surface area contributed by atoms with Crippen molar-refractivity contribution < 1.29 is 8.83 Å². The van der Waals surface area contributed by atoms with Crippen LogP contribution in [0.3, 0.4) is 0 Å². The second-order valence-electron chi connectivity index (χ2n) is 16.1. The number of fused-ring (bicyclic) bond motifs is 14. The van der Waals surface area contributed by atoms with Crippen molar-refractivity contribution in [3.05, 3.63) is 194 Å². The zero-order valence-electron chi connectivity index (χ0n) is 32.2. The van der Waals surface area contributed by atoms with Crippen molar-refractivity contribution in [2.45, 2.75) is 0 Å². The molecule has 10 aromatic carbocycles. The van der Waals surface area contributed by atoms with E-state index in [1.807, 2.05) is 12.1 Å². The number of nitrogens with zero attached hydrogens (tertiary/aromatic N) is 2. The molecule has 0 aliphatic carbocycles. The first-order chi connectivity index (χ1) is 29.7. The van der Waals surface area contributed by atoms with E-state index in [1.165, 1.54) is 54.2 Å². The van der Waals surface area contributed by atoms with Crippen LogP contribution in [-0.4, -0.2) is 9.13 Å². The summed E-state index contributed by atoms with van der Waals surface area (Å²) in [5, 5.41) is 14.1. The molecule has 4 nitrogen and oxygen atoms in total. The number of para-hydroxylation sites is 2. The van der Waals surface area contributed by atoms with Crippen molar-refractivity contribution in [3.63, 3.8) is 0 Å². The highest BCUT2D eigenvalue weighted by Crippen LogP contribution is 2.44. The summed E-state index contributed by atoms with van der Waals surface area (Å²) in [6, 6.07) is 70.3. The molecule has 278 valence electrons. The highest BCUT2D eigenvalue weighted by Gasteiger charge is 2.21. The van der Waals surface area contributed by atoms with Crippen LogP contribution in [-0.2, 0) is 0 Å². The Hall–Kier alpha value is -8.08. The van der Waals surface area contributed by atoms with Gasteiger partial charge in [0.1, 0.15) is 22.3 Å². The van der Waals surface area contributed by atoms with Gasteiger partial charge in [-0.05, 0) is 82.6 Å². The predicted molar refractivity (Wildman–Crippen MR) is 250 cm³/mol. The van der Waals surface area contributed by atoms with E-state index >= 15 is 0 Å². The van der Waals surface area contributed by atoms with Gasteiger partial charge in [-0.15, -0.1) is 0 Å². The van der Waals surface area contributed by atoms with Gasteiger partial charge in [-0.2, -0.15) is 0 Å². The Morgan fingerprint density at radius 3 is 1.13 bits per heavy atom. The summed E-state index contributed by atoms with van der Waals surface area (Å²) in [6.45, 7) is 0. The molecule has 0 N–H and O–H groups in total. The van der Waals surface area contributed by atoms with Gasteiger partial charge in [-0.3, -0.25) is 0 Å². The van der Waals surface area contributed by atoms with Crippen LogP contribution in [0.5, 0.6) is 0 Å². The van der Waals surface area contributed by atoms with Crippen LogP contribution in [0.4, 0.5) is 0 Å². The Morgan fingerprint density at radius 1 is 0.250 bits per heavy atom. The molecule has 4 heterocycles. The van der Waals surface area contributed by atoms with Gasteiger partial charge in [0.25, 0.3) is 0 Å². The first kappa shape index (κ1) is 31.9. The average molecular weight is 765 g/mol. The minimum absolute atomic E-state index is 0.890. The van der Waals surface area contributed by atoms with Crippen molar-refractivity contribution in [2.24, 2.45) is 0 Å². The molecule has 4 heteroatoms. The van der Waals surface area contributed by atoms with E-state index in [1.54, 1.807) is 0 Å². The molecule has 14 aromatic rings. The number of rotatable bonds is 3. The number of hydrogen-bond donors (Lipinski definition) is 0. The molecule has 0 spiro atoms. The van der Waals surface area contributed by atoms with Gasteiger partial charge >= 0.3 is 0 Å². The number of aromatic nitrogens is 2. The van der Waals surface area contributed by atoms with Crippen LogP contribution in [0.2, 0.25) is 0 Å². The Morgan fingerprint density at radius 2 is 0.650 bits per heavy atom. The van der Waals surface area contributed by atoms with Gasteiger partial charge in [0.05, 0.1) is 33.4 Å². The molecule has 0 fully saturated rings. The SMILES string of the molecule is c1ccc2c(-n3c4ccc(-c5ccc6c(c5)c5cc7c(cc5n6-c5cccc6ccccc56)oc5ccccc57)cc4c4cc5c(cc43)oc3ccccc35)cccc2c1. The van der Waals surface area contributed by atoms with Gasteiger partial charge in [-0.1, -0.05) is 121 Å². The smallest absolute Gasteiger partial charge is 0.137 e. The molecular formula is C56H32N2O2. The first-order valence-electron chi connectivity index (χ1n) is 20.5. The van der Waals surface area contributed by atoms with E-state index in [2.05, 4.69) is 191 Å². The van der Waals surface area contributed by atoms with E-state index in [0.717, 1.165) is 77.3 Å². The lowest BCUT2D eigenvalue weighted by molar-refractivity contribution is 0.669. The molecule has 0 saturated heterocycles. The number of hydrogen-bond acceptors (Lipinski definition) is 2. The lowest BCUT2D eigenvalue weighted by Crippen LogP contribution is -1.95. The van der Waals surface area contributed by atoms with Gasteiger partial charge in [0.15, 0.2) is 0 Å². The molecule has 14 rings (SSSR count). The average Bonchev–Trinajstić information content (AvgIpc) is 4.03. The maximum atomic E-state index is 6.49. The molecule has 0 amide bonds. The second-order valence-corrected chi connectivity index (χ2v) is 16.1. The molecular weight excluding hydrogens is 733 g/mol. The van der Waals surface area contributed by atoms with Crippen LogP contribution in [0.15, 0.2) is 203 Å². The van der Waals surface area contributed by atoms with Crippen molar-refractivity contribution >= 4 is 109 Å². The lowest BCUT2D eigenvalue weighted by atomic mass is 10.00. The van der Waals surface area contributed by atoms with Crippen molar-refractivity contribution in [1.29, 1.82) is 0 Å². The fraction of sp³-hybridized carbons (Fsp3) is 0. The highest BCUT2D eigenvalue weighted by molar-refractivity contribution is 6.20. The first-order valence-corrected chi connectivity index (χ1v) is 20.5. The minimum Gasteiger partial charge on any atom is -0.456 e. The fourth-order valence-electron chi connectivity index (χ4n) is 10.2. The van der Waals surface area contributed by atoms with Gasteiger partial charge in [-0.25, -0.2) is 0 Å². The highest BCUT2D eigenvalue weighted by atomic mass is 16.3. The molecule has 60 heavy (non-hydrogen) atoms. The second kappa shape index (κ2) is 11.8. The van der Waals surface area contributed by atoms with Crippen molar-refractivity contribution in [3.8, 4) is 22.5 Å². The van der Waals surface area contributed by atoms with E-state index in [-0.39, 0.29) is 0 Å². The summed E-state index contributed by atoms with van der Waals surface area (Å²) in [4.78, 5) is 0. The molecule has 0 radical (unpaired) electrons. The Bertz CT molecular complexity index is 3860. The standard InChI is InChI=1S/C56H32N2O2/c1-3-15-37-33(11-1)13-9-19-47(37)57-49-25-23-35(27-41(49)43-29-45-39-17-5-7-21-53(39)59-55(45)31-51(43)57)36-24-26-50-42(28-36)44-30-46-40-18-6-8-22-54(40)60-56(46)32-52(44)58(50)48-20-10-14-34-12-2-4-16-38(34)48/h1-32H. The Balaban J connectivity index is 1.05. The zero-order valence-corrected chi connectivity index (χ0v) is 32.2. The Kier molecular flexibility index (Phi) is 6.26. The summed E-state index contributed by atoms with van der Waals surface area (Å²) < 4.78 is 17.8. The van der Waals surface area contributed by atoms with Crippen LogP contribution < -0.4 is 0 Å². The summed E-state index contributed by atoms with van der Waals surface area (Å²) >= 11 is 0. The molecule has 4 aromatic heterocycles. The van der Waals surface area contributed by atoms with Crippen LogP contribution in [0.1, 0.15) is 0 Å². The normalized spacial score (nSPS) is 12.3. The predicted octanol–water partition coefficient (Wildman–Crippen LogP) is 15.7. The van der Waals surface area contributed by atoms with Gasteiger partial charge in [0, 0.05) is 66.0 Å². The minimum atomic E-state index is 0.890. The van der Waals surface area contributed by atoms with Crippen LogP contribution in [0.25, 0.3) is 132 Å². The maximum Gasteiger partial charge on any atom is 0.137 e. The van der Waals surface area contributed by atoms with E-state index in [4.69, 9.17) is 8.83 Å². The summed E-state index contributed by atoms with van der Waals surface area (Å²) in [7, 11) is 0. The van der Waals surface area contributed by atoms with E-state index < -0.39 is 0 Å². The molecule has 0 aliphatic rings. The monoisotopic (exact) mass is 764 g/mol. The molecule has 0 bridgehead atoms. The van der Waals surface area contributed by atoms with Crippen LogP contribution >= 0.6 is 0 Å². The third-order valence-corrected chi connectivity index (χ3v) is 12.9. The molecule has 0 saturated carbocycles. The van der Waals surface area contributed by atoms with Crippen LogP contribution in [0, 0.1) is 0 Å². The summed E-state index contributed by atoms with van der Waals surface area (Å²) in [5.41, 5.74) is 12.8. The van der Waals surface area contributed by atoms with Crippen molar-refractivity contribution in [2.75, 3.05) is 0 Å².